The Balaban J connectivity index is 1.57. The average molecular weight is 189 g/mol. The van der Waals surface area contributed by atoms with Crippen LogP contribution in [0.25, 0.3) is 0 Å². The zero-order valence-electron chi connectivity index (χ0n) is 9.10. The summed E-state index contributed by atoms with van der Waals surface area (Å²) in [6, 6.07) is 0. The molecule has 4 saturated carbocycles. The Kier molecular flexibility index (Phi) is 1.50. The quantitative estimate of drug-likeness (QED) is 0.585. The lowest BCUT2D eigenvalue weighted by molar-refractivity contribution is 0.211. The third-order valence-electron chi connectivity index (χ3n) is 5.76. The average Bonchev–Trinajstić information content (AvgIpc) is 3.11. The second kappa shape index (κ2) is 2.57. The molecular formula is C14H21. The van der Waals surface area contributed by atoms with Crippen molar-refractivity contribution in [2.45, 2.75) is 57.8 Å². The van der Waals surface area contributed by atoms with Gasteiger partial charge in [0, 0.05) is 0 Å². The largest absolute Gasteiger partial charge is 0.0530 e. The van der Waals surface area contributed by atoms with E-state index in [4.69, 9.17) is 0 Å². The van der Waals surface area contributed by atoms with E-state index in [1.165, 1.54) is 12.3 Å². The van der Waals surface area contributed by atoms with Crippen molar-refractivity contribution in [1.29, 1.82) is 0 Å². The van der Waals surface area contributed by atoms with Crippen molar-refractivity contribution in [1.82, 2.24) is 0 Å². The summed E-state index contributed by atoms with van der Waals surface area (Å²) in [6.45, 7) is 0. The van der Waals surface area contributed by atoms with Crippen molar-refractivity contribution >= 4 is 0 Å². The zero-order valence-corrected chi connectivity index (χ0v) is 9.10. The first-order valence-corrected chi connectivity index (χ1v) is 6.76. The molecule has 0 aromatic carbocycles. The predicted molar refractivity (Wildman–Crippen MR) is 57.7 cm³/mol. The first kappa shape index (κ1) is 8.19. The summed E-state index contributed by atoms with van der Waals surface area (Å²) in [6.07, 6.45) is 14.1. The minimum atomic E-state index is 0.892. The molecule has 4 atom stereocenters. The van der Waals surface area contributed by atoms with Crippen LogP contribution in [0.4, 0.5) is 0 Å². The Labute approximate surface area is 87.5 Å². The van der Waals surface area contributed by atoms with Crippen molar-refractivity contribution in [2.75, 3.05) is 0 Å². The predicted octanol–water partition coefficient (Wildman–Crippen LogP) is 3.96. The summed E-state index contributed by atoms with van der Waals surface area (Å²) in [5, 5.41) is 0. The molecule has 1 radical (unpaired) electrons. The van der Waals surface area contributed by atoms with Gasteiger partial charge in [-0.25, -0.2) is 0 Å². The molecule has 4 unspecified atom stereocenters. The Bertz CT molecular complexity index is 257. The van der Waals surface area contributed by atoms with Crippen molar-refractivity contribution in [2.24, 2.45) is 23.2 Å². The molecule has 0 aliphatic heterocycles. The van der Waals surface area contributed by atoms with E-state index in [2.05, 4.69) is 0 Å². The number of hydrogen-bond donors (Lipinski definition) is 0. The summed E-state index contributed by atoms with van der Waals surface area (Å²) in [5.74, 6) is 5.44. The molecule has 0 aromatic rings. The van der Waals surface area contributed by atoms with Crippen LogP contribution in [0.3, 0.4) is 0 Å². The van der Waals surface area contributed by atoms with Crippen LogP contribution in [0.5, 0.6) is 0 Å². The van der Waals surface area contributed by atoms with Gasteiger partial charge in [-0.05, 0) is 67.6 Å². The normalized spacial score (nSPS) is 56.1. The Hall–Kier alpha value is 0. The van der Waals surface area contributed by atoms with Gasteiger partial charge in [-0.1, -0.05) is 19.3 Å². The van der Waals surface area contributed by atoms with E-state index in [1.807, 2.05) is 5.92 Å². The lowest BCUT2D eigenvalue weighted by atomic mass is 9.71. The number of fused-ring (bicyclic) bond motifs is 2. The van der Waals surface area contributed by atoms with E-state index in [0.717, 1.165) is 17.3 Å². The molecule has 4 aliphatic carbocycles. The van der Waals surface area contributed by atoms with Gasteiger partial charge in [0.2, 0.25) is 0 Å². The Morgan fingerprint density at radius 2 is 2.00 bits per heavy atom. The van der Waals surface area contributed by atoms with Crippen molar-refractivity contribution in [3.05, 3.63) is 5.92 Å². The molecule has 0 spiro atoms. The van der Waals surface area contributed by atoms with E-state index in [1.54, 1.807) is 51.4 Å². The highest BCUT2D eigenvalue weighted by Gasteiger charge is 2.64. The molecule has 4 aliphatic rings. The van der Waals surface area contributed by atoms with Gasteiger partial charge in [0.25, 0.3) is 0 Å². The zero-order chi connectivity index (χ0) is 9.17. The van der Waals surface area contributed by atoms with Gasteiger partial charge in [0.1, 0.15) is 0 Å². The van der Waals surface area contributed by atoms with Crippen LogP contribution >= 0.6 is 0 Å². The van der Waals surface area contributed by atoms with Crippen LogP contribution in [0.1, 0.15) is 57.8 Å². The summed E-state index contributed by atoms with van der Waals surface area (Å²) in [5.41, 5.74) is 0.892. The van der Waals surface area contributed by atoms with Crippen molar-refractivity contribution in [3.63, 3.8) is 0 Å². The van der Waals surface area contributed by atoms with E-state index in [-0.39, 0.29) is 0 Å². The fourth-order valence-electron chi connectivity index (χ4n) is 4.89. The molecule has 0 aromatic heterocycles. The first-order chi connectivity index (χ1) is 6.90. The first-order valence-electron chi connectivity index (χ1n) is 6.76. The van der Waals surface area contributed by atoms with E-state index in [0.29, 0.717) is 0 Å². The van der Waals surface area contributed by atoms with Crippen LogP contribution in [-0.2, 0) is 0 Å². The Morgan fingerprint density at radius 3 is 2.93 bits per heavy atom. The molecule has 0 heteroatoms. The molecule has 0 N–H and O–H groups in total. The molecule has 0 nitrogen and oxygen atoms in total. The maximum absolute atomic E-state index is 2.03. The molecule has 4 rings (SSSR count). The molecule has 0 amide bonds. The summed E-state index contributed by atoms with van der Waals surface area (Å²) >= 11 is 0. The van der Waals surface area contributed by atoms with Gasteiger partial charge in [-0.3, -0.25) is 0 Å². The van der Waals surface area contributed by atoms with Gasteiger partial charge in [0.15, 0.2) is 0 Å². The second-order valence-corrected chi connectivity index (χ2v) is 6.34. The van der Waals surface area contributed by atoms with Gasteiger partial charge in [0.05, 0.1) is 0 Å². The SMILES string of the molecule is C1CCC2(C3CCCC4C[C]43)CC2C1. The molecule has 4 fully saturated rings. The number of rotatable bonds is 1. The van der Waals surface area contributed by atoms with Crippen LogP contribution in [0.15, 0.2) is 0 Å². The fraction of sp³-hybridized carbons (Fsp3) is 0.929. The topological polar surface area (TPSA) is 0 Å². The summed E-state index contributed by atoms with van der Waals surface area (Å²) in [7, 11) is 0. The lowest BCUT2D eigenvalue weighted by Crippen LogP contribution is -2.24. The van der Waals surface area contributed by atoms with E-state index in [9.17, 15) is 0 Å². The molecule has 0 saturated heterocycles. The van der Waals surface area contributed by atoms with Crippen molar-refractivity contribution in [3.8, 4) is 0 Å². The van der Waals surface area contributed by atoms with Crippen LogP contribution < -0.4 is 0 Å². The molecule has 0 heterocycles. The standard InChI is InChI=1S/C14H21/c1-2-7-14(9-11(14)5-1)13-6-3-4-10-8-12(10)13/h10-11,13H,1-9H2. The third kappa shape index (κ3) is 0.955. The lowest BCUT2D eigenvalue weighted by Gasteiger charge is -2.33. The van der Waals surface area contributed by atoms with Crippen molar-refractivity contribution < 1.29 is 0 Å². The van der Waals surface area contributed by atoms with E-state index >= 15 is 0 Å². The highest BCUT2D eigenvalue weighted by molar-refractivity contribution is 5.27. The van der Waals surface area contributed by atoms with Gasteiger partial charge >= 0.3 is 0 Å². The maximum Gasteiger partial charge on any atom is -0.0170 e. The summed E-state index contributed by atoms with van der Waals surface area (Å²) < 4.78 is 0. The highest BCUT2D eigenvalue weighted by Crippen LogP contribution is 2.73. The van der Waals surface area contributed by atoms with Crippen LogP contribution in [0, 0.1) is 29.1 Å². The molecule has 14 heavy (non-hydrogen) atoms. The van der Waals surface area contributed by atoms with Gasteiger partial charge in [-0.2, -0.15) is 0 Å². The minimum Gasteiger partial charge on any atom is -0.0530 e. The van der Waals surface area contributed by atoms with Gasteiger partial charge < -0.3 is 0 Å². The van der Waals surface area contributed by atoms with Crippen LogP contribution in [0.2, 0.25) is 0 Å². The monoisotopic (exact) mass is 189 g/mol. The fourth-order valence-corrected chi connectivity index (χ4v) is 4.89. The highest BCUT2D eigenvalue weighted by atomic mass is 14.7. The Morgan fingerprint density at radius 1 is 1.00 bits per heavy atom. The smallest absolute Gasteiger partial charge is 0.0170 e. The molecule has 0 bridgehead atoms. The van der Waals surface area contributed by atoms with Crippen LogP contribution in [-0.4, -0.2) is 0 Å². The maximum atomic E-state index is 2.03. The van der Waals surface area contributed by atoms with E-state index < -0.39 is 0 Å². The molecular weight excluding hydrogens is 168 g/mol. The molecule has 77 valence electrons. The number of hydrogen-bond acceptors (Lipinski definition) is 0. The summed E-state index contributed by atoms with van der Waals surface area (Å²) in [4.78, 5) is 0. The minimum absolute atomic E-state index is 0.892. The second-order valence-electron chi connectivity index (χ2n) is 6.34. The van der Waals surface area contributed by atoms with Gasteiger partial charge in [-0.15, -0.1) is 0 Å². The third-order valence-corrected chi connectivity index (χ3v) is 5.76.